The molecule has 1 aromatic carbocycles. The van der Waals surface area contributed by atoms with E-state index in [-0.39, 0.29) is 11.8 Å². The standard InChI is InChI=1S/C14H14FNO2S/c15-12-4-10(7-16)3-11(5-12)8-19-9-14(1-2-14)6-13(17)18/h3-5H,1-2,6,8-9H2,(H,17,18). The first kappa shape index (κ1) is 13.9. The Morgan fingerprint density at radius 3 is 2.79 bits per heavy atom. The zero-order chi connectivity index (χ0) is 13.9. The lowest BCUT2D eigenvalue weighted by atomic mass is 10.1. The van der Waals surface area contributed by atoms with Crippen molar-refractivity contribution in [3.05, 3.63) is 35.1 Å². The van der Waals surface area contributed by atoms with E-state index in [1.165, 1.54) is 12.1 Å². The van der Waals surface area contributed by atoms with Crippen LogP contribution in [-0.4, -0.2) is 16.8 Å². The molecule has 0 amide bonds. The molecule has 0 radical (unpaired) electrons. The van der Waals surface area contributed by atoms with Gasteiger partial charge < -0.3 is 5.11 Å². The smallest absolute Gasteiger partial charge is 0.303 e. The summed E-state index contributed by atoms with van der Waals surface area (Å²) in [5, 5.41) is 17.6. The Hall–Kier alpha value is -1.54. The average Bonchev–Trinajstić information content (AvgIpc) is 3.07. The predicted octanol–water partition coefficient (Wildman–Crippen LogP) is 3.19. The summed E-state index contributed by atoms with van der Waals surface area (Å²) in [6.45, 7) is 0. The first-order valence-corrected chi connectivity index (χ1v) is 7.18. The summed E-state index contributed by atoms with van der Waals surface area (Å²) >= 11 is 1.61. The Morgan fingerprint density at radius 1 is 1.47 bits per heavy atom. The Balaban J connectivity index is 1.88. The summed E-state index contributed by atoms with van der Waals surface area (Å²) in [5.74, 6) is 0.225. The van der Waals surface area contributed by atoms with E-state index in [0.717, 1.165) is 24.2 Å². The minimum atomic E-state index is -0.754. The van der Waals surface area contributed by atoms with E-state index in [1.807, 2.05) is 6.07 Å². The van der Waals surface area contributed by atoms with Gasteiger partial charge in [-0.2, -0.15) is 17.0 Å². The van der Waals surface area contributed by atoms with Crippen LogP contribution < -0.4 is 0 Å². The number of nitriles is 1. The fourth-order valence-corrected chi connectivity index (χ4v) is 3.38. The Kier molecular flexibility index (Phi) is 4.11. The molecular weight excluding hydrogens is 265 g/mol. The minimum Gasteiger partial charge on any atom is -0.481 e. The van der Waals surface area contributed by atoms with Gasteiger partial charge in [0, 0.05) is 5.75 Å². The first-order valence-electron chi connectivity index (χ1n) is 6.02. The molecule has 5 heteroatoms. The van der Waals surface area contributed by atoms with Crippen LogP contribution in [0, 0.1) is 22.6 Å². The van der Waals surface area contributed by atoms with E-state index in [4.69, 9.17) is 10.4 Å². The number of hydrogen-bond donors (Lipinski definition) is 1. The Labute approximate surface area is 115 Å². The molecule has 1 saturated carbocycles. The lowest BCUT2D eigenvalue weighted by Crippen LogP contribution is -2.11. The second-order valence-electron chi connectivity index (χ2n) is 5.02. The van der Waals surface area contributed by atoms with Gasteiger partial charge >= 0.3 is 5.97 Å². The quantitative estimate of drug-likeness (QED) is 0.868. The molecule has 0 saturated heterocycles. The van der Waals surface area contributed by atoms with Crippen LogP contribution in [0.5, 0.6) is 0 Å². The first-order chi connectivity index (χ1) is 9.03. The average molecular weight is 279 g/mol. The third kappa shape index (κ3) is 3.97. The van der Waals surface area contributed by atoms with Crippen molar-refractivity contribution in [2.75, 3.05) is 5.75 Å². The highest BCUT2D eigenvalue weighted by Crippen LogP contribution is 2.51. The van der Waals surface area contributed by atoms with Gasteiger partial charge in [-0.25, -0.2) is 4.39 Å². The fourth-order valence-electron chi connectivity index (χ4n) is 2.05. The van der Waals surface area contributed by atoms with Gasteiger partial charge in [-0.1, -0.05) is 0 Å². The molecular formula is C14H14FNO2S. The van der Waals surface area contributed by atoms with Gasteiger partial charge in [0.2, 0.25) is 0 Å². The number of nitrogens with zero attached hydrogens (tertiary/aromatic N) is 1. The van der Waals surface area contributed by atoms with Gasteiger partial charge in [-0.3, -0.25) is 4.79 Å². The summed E-state index contributed by atoms with van der Waals surface area (Å²) in [6.07, 6.45) is 2.13. The molecule has 1 fully saturated rings. The zero-order valence-electron chi connectivity index (χ0n) is 10.4. The van der Waals surface area contributed by atoms with E-state index in [2.05, 4.69) is 0 Å². The molecule has 2 rings (SSSR count). The summed E-state index contributed by atoms with van der Waals surface area (Å²) in [7, 11) is 0. The predicted molar refractivity (Wildman–Crippen MR) is 71.2 cm³/mol. The largest absolute Gasteiger partial charge is 0.481 e. The maximum absolute atomic E-state index is 13.2. The normalized spacial score (nSPS) is 15.8. The zero-order valence-corrected chi connectivity index (χ0v) is 11.2. The van der Waals surface area contributed by atoms with E-state index in [9.17, 15) is 9.18 Å². The van der Waals surface area contributed by atoms with Crippen LogP contribution in [0.25, 0.3) is 0 Å². The van der Waals surface area contributed by atoms with Crippen LogP contribution in [0.15, 0.2) is 18.2 Å². The number of hydrogen-bond acceptors (Lipinski definition) is 3. The van der Waals surface area contributed by atoms with Gasteiger partial charge in [0.1, 0.15) is 5.82 Å². The van der Waals surface area contributed by atoms with Crippen molar-refractivity contribution in [3.63, 3.8) is 0 Å². The molecule has 0 atom stereocenters. The highest BCUT2D eigenvalue weighted by Gasteiger charge is 2.43. The number of carbonyl (C=O) groups is 1. The number of benzene rings is 1. The maximum Gasteiger partial charge on any atom is 0.303 e. The summed E-state index contributed by atoms with van der Waals surface area (Å²) in [5.41, 5.74) is 1.04. The molecule has 1 aromatic rings. The van der Waals surface area contributed by atoms with Gasteiger partial charge in [0.25, 0.3) is 0 Å². The molecule has 1 aliphatic carbocycles. The molecule has 0 bridgehead atoms. The maximum atomic E-state index is 13.2. The SMILES string of the molecule is N#Cc1cc(F)cc(CSCC2(CC(=O)O)CC2)c1. The van der Waals surface area contributed by atoms with Crippen molar-refractivity contribution in [1.82, 2.24) is 0 Å². The summed E-state index contributed by atoms with van der Waals surface area (Å²) in [4.78, 5) is 10.7. The van der Waals surface area contributed by atoms with E-state index >= 15 is 0 Å². The molecule has 0 heterocycles. The molecule has 0 aliphatic heterocycles. The van der Waals surface area contributed by atoms with Crippen LogP contribution in [0.1, 0.15) is 30.4 Å². The van der Waals surface area contributed by atoms with Crippen molar-refractivity contribution < 1.29 is 14.3 Å². The van der Waals surface area contributed by atoms with Crippen molar-refractivity contribution in [2.24, 2.45) is 5.41 Å². The Morgan fingerprint density at radius 2 is 2.21 bits per heavy atom. The van der Waals surface area contributed by atoms with Crippen molar-refractivity contribution in [2.45, 2.75) is 25.0 Å². The molecule has 1 aliphatic rings. The second-order valence-corrected chi connectivity index (χ2v) is 6.01. The molecule has 0 unspecified atom stereocenters. The van der Waals surface area contributed by atoms with Crippen molar-refractivity contribution >= 4 is 17.7 Å². The van der Waals surface area contributed by atoms with Crippen molar-refractivity contribution in [1.29, 1.82) is 5.26 Å². The van der Waals surface area contributed by atoms with Gasteiger partial charge in [0.15, 0.2) is 0 Å². The van der Waals surface area contributed by atoms with Gasteiger partial charge in [-0.05, 0) is 47.8 Å². The van der Waals surface area contributed by atoms with Crippen molar-refractivity contribution in [3.8, 4) is 6.07 Å². The van der Waals surface area contributed by atoms with Crippen LogP contribution in [0.2, 0.25) is 0 Å². The molecule has 19 heavy (non-hydrogen) atoms. The topological polar surface area (TPSA) is 61.1 Å². The number of carboxylic acid groups (broad SMARTS) is 1. The van der Waals surface area contributed by atoms with Gasteiger partial charge in [-0.15, -0.1) is 0 Å². The summed E-state index contributed by atoms with van der Waals surface area (Å²) in [6, 6.07) is 6.23. The van der Waals surface area contributed by atoms with E-state index < -0.39 is 11.8 Å². The number of thioether (sulfide) groups is 1. The highest BCUT2D eigenvalue weighted by atomic mass is 32.2. The molecule has 1 N–H and O–H groups in total. The second kappa shape index (κ2) is 5.62. The monoisotopic (exact) mass is 279 g/mol. The van der Waals surface area contributed by atoms with Crippen LogP contribution >= 0.6 is 11.8 Å². The minimum absolute atomic E-state index is 0.0537. The molecule has 3 nitrogen and oxygen atoms in total. The van der Waals surface area contributed by atoms with E-state index in [1.54, 1.807) is 17.8 Å². The lowest BCUT2D eigenvalue weighted by Gasteiger charge is -2.11. The molecule has 100 valence electrons. The van der Waals surface area contributed by atoms with Gasteiger partial charge in [0.05, 0.1) is 18.1 Å². The van der Waals surface area contributed by atoms with E-state index in [0.29, 0.717) is 11.3 Å². The fraction of sp³-hybridized carbons (Fsp3) is 0.429. The molecule has 0 spiro atoms. The highest BCUT2D eigenvalue weighted by molar-refractivity contribution is 7.98. The number of carboxylic acids is 1. The van der Waals surface area contributed by atoms with Crippen LogP contribution in [0.4, 0.5) is 4.39 Å². The number of halogens is 1. The number of rotatable bonds is 6. The number of aliphatic carboxylic acids is 1. The Bertz CT molecular complexity index is 535. The summed E-state index contributed by atoms with van der Waals surface area (Å²) < 4.78 is 13.2. The van der Waals surface area contributed by atoms with Crippen LogP contribution in [-0.2, 0) is 10.5 Å². The third-order valence-corrected chi connectivity index (χ3v) is 4.60. The van der Waals surface area contributed by atoms with Crippen LogP contribution in [0.3, 0.4) is 0 Å². The molecule has 0 aromatic heterocycles. The third-order valence-electron chi connectivity index (χ3n) is 3.25. The lowest BCUT2D eigenvalue weighted by molar-refractivity contribution is -0.138.